The van der Waals surface area contributed by atoms with E-state index in [0.717, 1.165) is 19.1 Å². The SMILES string of the molecule is CCC(F)(F)F.Cc1[nH]nc(Cl)c1NC(=O)c1cc(F)c(-c2cc(CO)n(C)n2)cc1O. The minimum atomic E-state index is -3.96. The lowest BCUT2D eigenvalue weighted by atomic mass is 10.1. The maximum Gasteiger partial charge on any atom is 0.388 e. The molecule has 0 atom stereocenters. The Bertz CT molecular complexity index is 1090. The molecule has 0 unspecified atom stereocenters. The summed E-state index contributed by atoms with van der Waals surface area (Å²) in [6.07, 6.45) is -4.69. The third-order valence-electron chi connectivity index (χ3n) is 4.29. The first kappa shape index (κ1) is 25.1. The van der Waals surface area contributed by atoms with Crippen molar-refractivity contribution in [2.45, 2.75) is 33.1 Å². The van der Waals surface area contributed by atoms with E-state index in [1.807, 2.05) is 0 Å². The van der Waals surface area contributed by atoms with Crippen LogP contribution in [-0.2, 0) is 13.7 Å². The summed E-state index contributed by atoms with van der Waals surface area (Å²) in [7, 11) is 1.60. The molecule has 13 heteroatoms. The molecule has 0 saturated carbocycles. The first-order valence-corrected chi connectivity index (χ1v) is 9.50. The minimum Gasteiger partial charge on any atom is -0.507 e. The molecule has 1 aromatic carbocycles. The first-order chi connectivity index (χ1) is 14.9. The molecule has 3 rings (SSSR count). The van der Waals surface area contributed by atoms with Gasteiger partial charge in [0.2, 0.25) is 0 Å². The number of alkyl halides is 3. The van der Waals surface area contributed by atoms with Crippen LogP contribution in [0.5, 0.6) is 5.75 Å². The zero-order valence-corrected chi connectivity index (χ0v) is 17.9. The molecule has 174 valence electrons. The molecule has 0 spiro atoms. The van der Waals surface area contributed by atoms with Crippen LogP contribution in [0.1, 0.15) is 35.1 Å². The number of aromatic hydroxyl groups is 1. The third kappa shape index (κ3) is 5.98. The van der Waals surface area contributed by atoms with Crippen molar-refractivity contribution in [3.63, 3.8) is 0 Å². The summed E-state index contributed by atoms with van der Waals surface area (Å²) in [6, 6.07) is 3.51. The zero-order valence-electron chi connectivity index (χ0n) is 17.2. The number of benzene rings is 1. The van der Waals surface area contributed by atoms with Gasteiger partial charge in [-0.3, -0.25) is 14.6 Å². The Hall–Kier alpha value is -3.12. The number of hydrogen-bond acceptors (Lipinski definition) is 5. The summed E-state index contributed by atoms with van der Waals surface area (Å²) in [6.45, 7) is 2.47. The largest absolute Gasteiger partial charge is 0.507 e. The maximum atomic E-state index is 14.5. The number of aliphatic hydroxyl groups excluding tert-OH is 1. The third-order valence-corrected chi connectivity index (χ3v) is 4.56. The van der Waals surface area contributed by atoms with Gasteiger partial charge in [-0.2, -0.15) is 23.4 Å². The molecule has 2 aromatic heterocycles. The van der Waals surface area contributed by atoms with Crippen molar-refractivity contribution in [3.05, 3.63) is 46.1 Å². The van der Waals surface area contributed by atoms with Crippen LogP contribution in [0.15, 0.2) is 18.2 Å². The number of halogens is 5. The average molecular weight is 478 g/mol. The van der Waals surface area contributed by atoms with Crippen LogP contribution in [0.25, 0.3) is 11.3 Å². The van der Waals surface area contributed by atoms with Gasteiger partial charge in [-0.15, -0.1) is 0 Å². The van der Waals surface area contributed by atoms with Crippen molar-refractivity contribution in [1.29, 1.82) is 0 Å². The van der Waals surface area contributed by atoms with Crippen LogP contribution in [0.3, 0.4) is 0 Å². The number of phenols is 1. The number of aromatic nitrogens is 4. The monoisotopic (exact) mass is 477 g/mol. The van der Waals surface area contributed by atoms with Gasteiger partial charge in [0, 0.05) is 19.0 Å². The van der Waals surface area contributed by atoms with Gasteiger partial charge >= 0.3 is 6.18 Å². The van der Waals surface area contributed by atoms with Crippen LogP contribution < -0.4 is 5.32 Å². The Kier molecular flexibility index (Phi) is 7.86. The van der Waals surface area contributed by atoms with Crippen LogP contribution in [-0.4, -0.2) is 42.3 Å². The standard InChI is InChI=1S/C16H15ClFN5O3.C3H5F3/c1-7-14(15(17)21-20-7)19-16(26)10-4-11(18)9(5-13(10)25)12-3-8(6-24)23(2)22-12;1-2-3(4,5)6/h3-5,24-25H,6H2,1-2H3,(H,19,26)(H,20,21);2H2,1H3. The molecule has 32 heavy (non-hydrogen) atoms. The summed E-state index contributed by atoms with van der Waals surface area (Å²) in [5.74, 6) is -1.91. The lowest BCUT2D eigenvalue weighted by Gasteiger charge is -2.09. The van der Waals surface area contributed by atoms with E-state index in [1.54, 1.807) is 14.0 Å². The van der Waals surface area contributed by atoms with Crippen LogP contribution >= 0.6 is 11.6 Å². The molecule has 0 radical (unpaired) electrons. The molecule has 4 N–H and O–H groups in total. The summed E-state index contributed by atoms with van der Waals surface area (Å²) >= 11 is 5.86. The minimum absolute atomic E-state index is 0.00636. The van der Waals surface area contributed by atoms with E-state index in [1.165, 1.54) is 10.7 Å². The molecule has 0 bridgehead atoms. The second-order valence-corrected chi connectivity index (χ2v) is 6.95. The van der Waals surface area contributed by atoms with E-state index in [-0.39, 0.29) is 34.3 Å². The van der Waals surface area contributed by atoms with Gasteiger partial charge in [0.15, 0.2) is 5.15 Å². The molecule has 0 aliphatic rings. The highest BCUT2D eigenvalue weighted by Gasteiger charge is 2.23. The summed E-state index contributed by atoms with van der Waals surface area (Å²) in [5, 5.41) is 32.3. The molecular weight excluding hydrogens is 458 g/mol. The van der Waals surface area contributed by atoms with E-state index in [9.17, 15) is 32.6 Å². The second kappa shape index (κ2) is 10.0. The number of anilines is 1. The fourth-order valence-corrected chi connectivity index (χ4v) is 2.68. The Morgan fingerprint density at radius 3 is 2.41 bits per heavy atom. The van der Waals surface area contributed by atoms with Crippen LogP contribution in [0, 0.1) is 12.7 Å². The number of hydrogen-bond donors (Lipinski definition) is 4. The number of aromatic amines is 1. The van der Waals surface area contributed by atoms with E-state index in [2.05, 4.69) is 20.6 Å². The second-order valence-electron chi connectivity index (χ2n) is 6.59. The number of amides is 1. The van der Waals surface area contributed by atoms with Crippen molar-refractivity contribution >= 4 is 23.2 Å². The predicted octanol–water partition coefficient (Wildman–Crippen LogP) is 4.32. The van der Waals surface area contributed by atoms with Crippen molar-refractivity contribution in [3.8, 4) is 17.0 Å². The number of nitrogens with zero attached hydrogens (tertiary/aromatic N) is 3. The molecule has 0 saturated heterocycles. The van der Waals surface area contributed by atoms with Gasteiger partial charge in [-0.05, 0) is 25.1 Å². The van der Waals surface area contributed by atoms with Crippen molar-refractivity contribution in [2.24, 2.45) is 7.05 Å². The highest BCUT2D eigenvalue weighted by molar-refractivity contribution is 6.33. The first-order valence-electron chi connectivity index (χ1n) is 9.13. The Labute approximate surface area is 184 Å². The Morgan fingerprint density at radius 1 is 1.31 bits per heavy atom. The quantitative estimate of drug-likeness (QED) is 0.418. The van der Waals surface area contributed by atoms with Crippen molar-refractivity contribution < 1.29 is 32.6 Å². The molecule has 1 amide bonds. The van der Waals surface area contributed by atoms with E-state index in [4.69, 9.17) is 11.6 Å². The number of phenolic OH excluding ortho intramolecular Hbond substituents is 1. The summed E-state index contributed by atoms with van der Waals surface area (Å²) in [4.78, 5) is 12.4. The molecule has 0 aliphatic heterocycles. The molecule has 3 aromatic rings. The van der Waals surface area contributed by atoms with Gasteiger partial charge < -0.3 is 15.5 Å². The number of carbonyl (C=O) groups excluding carboxylic acids is 1. The fourth-order valence-electron chi connectivity index (χ4n) is 2.45. The predicted molar refractivity (Wildman–Crippen MR) is 109 cm³/mol. The topological polar surface area (TPSA) is 116 Å². The van der Waals surface area contributed by atoms with Gasteiger partial charge in [0.1, 0.15) is 17.3 Å². The number of nitrogens with one attached hydrogen (secondary N) is 2. The average Bonchev–Trinajstić information content (AvgIpc) is 3.25. The maximum absolute atomic E-state index is 14.5. The smallest absolute Gasteiger partial charge is 0.388 e. The number of aryl methyl sites for hydroxylation is 2. The molecule has 2 heterocycles. The normalized spacial score (nSPS) is 11.2. The van der Waals surface area contributed by atoms with E-state index >= 15 is 0 Å². The number of aliphatic hydroxyl groups is 1. The number of H-pyrrole nitrogens is 1. The Morgan fingerprint density at radius 2 is 1.94 bits per heavy atom. The van der Waals surface area contributed by atoms with Gasteiger partial charge in [0.25, 0.3) is 5.91 Å². The molecular formula is C19H20ClF4N5O3. The number of carbonyl (C=O) groups is 1. The molecule has 8 nitrogen and oxygen atoms in total. The van der Waals surface area contributed by atoms with E-state index < -0.39 is 30.1 Å². The fraction of sp³-hybridized carbons (Fsp3) is 0.316. The summed E-state index contributed by atoms with van der Waals surface area (Å²) < 4.78 is 48.3. The summed E-state index contributed by atoms with van der Waals surface area (Å²) in [5.41, 5.74) is 1.21. The van der Waals surface area contributed by atoms with Gasteiger partial charge in [0.05, 0.1) is 29.3 Å². The zero-order chi connectivity index (χ0) is 24.2. The van der Waals surface area contributed by atoms with E-state index in [0.29, 0.717) is 11.4 Å². The van der Waals surface area contributed by atoms with Crippen molar-refractivity contribution in [2.75, 3.05) is 5.32 Å². The number of rotatable bonds is 4. The lowest BCUT2D eigenvalue weighted by Crippen LogP contribution is -2.13. The van der Waals surface area contributed by atoms with Crippen LogP contribution in [0.4, 0.5) is 23.2 Å². The van der Waals surface area contributed by atoms with Crippen molar-refractivity contribution in [1.82, 2.24) is 20.0 Å². The molecule has 0 fully saturated rings. The van der Waals surface area contributed by atoms with Crippen LogP contribution in [0.2, 0.25) is 5.15 Å². The lowest BCUT2D eigenvalue weighted by molar-refractivity contribution is -0.130. The van der Waals surface area contributed by atoms with Gasteiger partial charge in [-0.1, -0.05) is 18.5 Å². The highest BCUT2D eigenvalue weighted by atomic mass is 35.5. The Balaban J connectivity index is 0.000000534. The highest BCUT2D eigenvalue weighted by Crippen LogP contribution is 2.31. The van der Waals surface area contributed by atoms with Gasteiger partial charge in [-0.25, -0.2) is 4.39 Å². The molecule has 0 aliphatic carbocycles.